The molecular formula is C22H26FN3O2S. The molecule has 2 aromatic rings. The molecule has 0 spiro atoms. The van der Waals surface area contributed by atoms with E-state index in [0.717, 1.165) is 42.8 Å². The second kappa shape index (κ2) is 8.61. The number of aryl methyl sites for hydroxylation is 1. The SMILES string of the molecule is Cc1ccc(C(=O)N2CCC(c3nc(CNC(=O)C4CCC4)cs3)CC2)cc1F. The van der Waals surface area contributed by atoms with Crippen molar-refractivity contribution in [2.75, 3.05) is 13.1 Å². The highest BCUT2D eigenvalue weighted by atomic mass is 32.1. The zero-order valence-corrected chi connectivity index (χ0v) is 17.4. The molecule has 0 atom stereocenters. The maximum absolute atomic E-state index is 13.8. The first-order valence-corrected chi connectivity index (χ1v) is 11.2. The first-order chi connectivity index (χ1) is 14.0. The Bertz CT molecular complexity index is 901. The zero-order valence-electron chi connectivity index (χ0n) is 16.6. The first-order valence-electron chi connectivity index (χ1n) is 10.3. The Hall–Kier alpha value is -2.28. The fourth-order valence-electron chi connectivity index (χ4n) is 3.82. The van der Waals surface area contributed by atoms with E-state index in [4.69, 9.17) is 4.98 Å². The van der Waals surface area contributed by atoms with E-state index in [-0.39, 0.29) is 23.5 Å². The van der Waals surface area contributed by atoms with Gasteiger partial charge in [-0.05, 0) is 50.3 Å². The smallest absolute Gasteiger partial charge is 0.253 e. The number of thiazole rings is 1. The van der Waals surface area contributed by atoms with Gasteiger partial charge < -0.3 is 10.2 Å². The number of hydrogen-bond acceptors (Lipinski definition) is 4. The lowest BCUT2D eigenvalue weighted by atomic mass is 9.85. The third-order valence-corrected chi connectivity index (χ3v) is 7.10. The van der Waals surface area contributed by atoms with Crippen molar-refractivity contribution in [3.63, 3.8) is 0 Å². The predicted molar refractivity (Wildman–Crippen MR) is 110 cm³/mol. The third kappa shape index (κ3) is 4.50. The van der Waals surface area contributed by atoms with Gasteiger partial charge in [0.05, 0.1) is 17.2 Å². The topological polar surface area (TPSA) is 62.3 Å². The molecule has 5 nitrogen and oxygen atoms in total. The summed E-state index contributed by atoms with van der Waals surface area (Å²) in [6.45, 7) is 3.47. The Morgan fingerprint density at radius 1 is 1.24 bits per heavy atom. The van der Waals surface area contributed by atoms with Crippen LogP contribution in [0.2, 0.25) is 0 Å². The lowest BCUT2D eigenvalue weighted by Gasteiger charge is -2.31. The number of aromatic nitrogens is 1. The van der Waals surface area contributed by atoms with Crippen LogP contribution in [0.4, 0.5) is 4.39 Å². The van der Waals surface area contributed by atoms with Gasteiger partial charge in [0.1, 0.15) is 5.82 Å². The van der Waals surface area contributed by atoms with Crippen molar-refractivity contribution in [1.29, 1.82) is 0 Å². The summed E-state index contributed by atoms with van der Waals surface area (Å²) in [5.74, 6) is 0.211. The fourth-order valence-corrected chi connectivity index (χ4v) is 4.81. The lowest BCUT2D eigenvalue weighted by molar-refractivity contribution is -0.127. The van der Waals surface area contributed by atoms with Crippen molar-refractivity contribution >= 4 is 23.2 Å². The molecule has 2 amide bonds. The van der Waals surface area contributed by atoms with Crippen molar-refractivity contribution in [2.24, 2.45) is 5.92 Å². The van der Waals surface area contributed by atoms with Gasteiger partial charge in [-0.2, -0.15) is 0 Å². The highest BCUT2D eigenvalue weighted by Crippen LogP contribution is 2.31. The molecule has 7 heteroatoms. The van der Waals surface area contributed by atoms with Crippen molar-refractivity contribution < 1.29 is 14.0 Å². The summed E-state index contributed by atoms with van der Waals surface area (Å²) in [6.07, 6.45) is 4.85. The third-order valence-electron chi connectivity index (χ3n) is 6.04. The van der Waals surface area contributed by atoms with Crippen LogP contribution in [-0.2, 0) is 11.3 Å². The minimum Gasteiger partial charge on any atom is -0.350 e. The van der Waals surface area contributed by atoms with Crippen LogP contribution in [0.3, 0.4) is 0 Å². The number of nitrogens with zero attached hydrogens (tertiary/aromatic N) is 2. The van der Waals surface area contributed by atoms with Gasteiger partial charge in [-0.3, -0.25) is 9.59 Å². The van der Waals surface area contributed by atoms with E-state index in [2.05, 4.69) is 5.32 Å². The van der Waals surface area contributed by atoms with Crippen LogP contribution in [0.5, 0.6) is 0 Å². The van der Waals surface area contributed by atoms with Crippen molar-refractivity contribution in [3.05, 3.63) is 51.2 Å². The highest BCUT2D eigenvalue weighted by Gasteiger charge is 2.27. The molecule has 0 radical (unpaired) electrons. The first kappa shape index (κ1) is 20.0. The fraction of sp³-hybridized carbons (Fsp3) is 0.500. The normalized spacial score (nSPS) is 17.8. The highest BCUT2D eigenvalue weighted by molar-refractivity contribution is 7.09. The Labute approximate surface area is 174 Å². The van der Waals surface area contributed by atoms with Gasteiger partial charge in [0.25, 0.3) is 5.91 Å². The van der Waals surface area contributed by atoms with Crippen LogP contribution in [0, 0.1) is 18.7 Å². The van der Waals surface area contributed by atoms with Crippen LogP contribution < -0.4 is 5.32 Å². The summed E-state index contributed by atoms with van der Waals surface area (Å²) < 4.78 is 13.8. The molecule has 1 saturated heterocycles. The largest absolute Gasteiger partial charge is 0.350 e. The summed E-state index contributed by atoms with van der Waals surface area (Å²) in [5.41, 5.74) is 1.86. The molecule has 0 bridgehead atoms. The maximum Gasteiger partial charge on any atom is 0.253 e. The van der Waals surface area contributed by atoms with E-state index < -0.39 is 0 Å². The van der Waals surface area contributed by atoms with Crippen LogP contribution >= 0.6 is 11.3 Å². The summed E-state index contributed by atoms with van der Waals surface area (Å²) in [5, 5.41) is 6.08. The molecule has 1 aromatic heterocycles. The van der Waals surface area contributed by atoms with E-state index in [1.54, 1.807) is 35.3 Å². The van der Waals surface area contributed by atoms with Crippen LogP contribution in [0.15, 0.2) is 23.6 Å². The summed E-state index contributed by atoms with van der Waals surface area (Å²) in [7, 11) is 0. The number of nitrogens with one attached hydrogen (secondary N) is 1. The quantitative estimate of drug-likeness (QED) is 0.802. The number of carbonyl (C=O) groups is 2. The van der Waals surface area contributed by atoms with Gasteiger partial charge in [0.2, 0.25) is 5.91 Å². The van der Waals surface area contributed by atoms with E-state index in [9.17, 15) is 14.0 Å². The Balaban J connectivity index is 1.29. The molecule has 1 aromatic carbocycles. The molecule has 154 valence electrons. The standard InChI is InChI=1S/C22H26FN3O2S/c1-14-5-6-17(11-19(14)23)22(28)26-9-7-16(8-10-26)21-25-18(13-29-21)12-24-20(27)15-3-2-4-15/h5-6,11,13,15-16H,2-4,7-10,12H2,1H3,(H,24,27). The molecule has 1 aliphatic heterocycles. The van der Waals surface area contributed by atoms with Gasteiger partial charge in [0.15, 0.2) is 0 Å². The van der Waals surface area contributed by atoms with Crippen LogP contribution in [0.25, 0.3) is 0 Å². The average Bonchev–Trinajstić information content (AvgIpc) is 3.16. The minimum absolute atomic E-state index is 0.110. The Morgan fingerprint density at radius 3 is 2.66 bits per heavy atom. The van der Waals surface area contributed by atoms with Crippen molar-refractivity contribution in [3.8, 4) is 0 Å². The molecular weight excluding hydrogens is 389 g/mol. The monoisotopic (exact) mass is 415 g/mol. The molecule has 29 heavy (non-hydrogen) atoms. The molecule has 2 fully saturated rings. The van der Waals surface area contributed by atoms with Gasteiger partial charge in [-0.25, -0.2) is 9.37 Å². The second-order valence-corrected chi connectivity index (χ2v) is 8.94. The minimum atomic E-state index is -0.342. The Morgan fingerprint density at radius 2 is 2.00 bits per heavy atom. The summed E-state index contributed by atoms with van der Waals surface area (Å²) in [6, 6.07) is 4.67. The molecule has 4 rings (SSSR count). The number of likely N-dealkylation sites (tertiary alicyclic amines) is 1. The van der Waals surface area contributed by atoms with Gasteiger partial charge >= 0.3 is 0 Å². The van der Waals surface area contributed by atoms with E-state index >= 15 is 0 Å². The number of carbonyl (C=O) groups excluding carboxylic acids is 2. The summed E-state index contributed by atoms with van der Waals surface area (Å²) >= 11 is 1.63. The molecule has 1 aliphatic carbocycles. The average molecular weight is 416 g/mol. The predicted octanol–water partition coefficient (Wildman–Crippen LogP) is 4.03. The van der Waals surface area contributed by atoms with Gasteiger partial charge in [-0.1, -0.05) is 12.5 Å². The van der Waals surface area contributed by atoms with E-state index in [0.29, 0.717) is 36.7 Å². The van der Waals surface area contributed by atoms with Crippen molar-refractivity contribution in [2.45, 2.75) is 51.5 Å². The van der Waals surface area contributed by atoms with Gasteiger partial charge in [0, 0.05) is 35.9 Å². The Kier molecular flexibility index (Phi) is 5.94. The summed E-state index contributed by atoms with van der Waals surface area (Å²) in [4.78, 5) is 31.1. The number of piperidine rings is 1. The van der Waals surface area contributed by atoms with Crippen LogP contribution in [0.1, 0.15) is 64.6 Å². The second-order valence-electron chi connectivity index (χ2n) is 8.05. The van der Waals surface area contributed by atoms with E-state index in [1.165, 1.54) is 6.07 Å². The molecule has 0 unspecified atom stereocenters. The van der Waals surface area contributed by atoms with Crippen molar-refractivity contribution in [1.82, 2.24) is 15.2 Å². The molecule has 2 aliphatic rings. The lowest BCUT2D eigenvalue weighted by Crippen LogP contribution is -2.38. The molecule has 2 heterocycles. The molecule has 1 N–H and O–H groups in total. The zero-order chi connectivity index (χ0) is 20.4. The van der Waals surface area contributed by atoms with E-state index in [1.807, 2.05) is 5.38 Å². The number of halogens is 1. The number of amides is 2. The van der Waals surface area contributed by atoms with Crippen LogP contribution in [-0.4, -0.2) is 34.8 Å². The van der Waals surface area contributed by atoms with Gasteiger partial charge in [-0.15, -0.1) is 11.3 Å². The molecule has 1 saturated carbocycles. The number of hydrogen-bond donors (Lipinski definition) is 1. The maximum atomic E-state index is 13.8. The number of rotatable bonds is 5. The number of benzene rings is 1.